The number of nitrogens with two attached hydrogens (primary N) is 1. The fraction of sp³-hybridized carbons (Fsp3) is 0.367. The zero-order valence-corrected chi connectivity index (χ0v) is 22.6. The van der Waals surface area contributed by atoms with E-state index in [2.05, 4.69) is 5.32 Å². The average molecular weight is 518 g/mol. The number of benzene rings is 2. The van der Waals surface area contributed by atoms with E-state index in [0.29, 0.717) is 29.3 Å². The van der Waals surface area contributed by atoms with Crippen LogP contribution in [0.1, 0.15) is 60.8 Å². The fourth-order valence-electron chi connectivity index (χ4n) is 4.51. The fourth-order valence-corrected chi connectivity index (χ4v) is 4.51. The maximum Gasteiger partial charge on any atom is 0.167 e. The summed E-state index contributed by atoms with van der Waals surface area (Å²) in [4.78, 5) is 29.2. The first-order valence-electron chi connectivity index (χ1n) is 12.6. The Bertz CT molecular complexity index is 1360. The topological polar surface area (TPSA) is 124 Å². The van der Waals surface area contributed by atoms with Gasteiger partial charge in [0.1, 0.15) is 12.2 Å². The van der Waals surface area contributed by atoms with Crippen molar-refractivity contribution in [1.29, 1.82) is 0 Å². The summed E-state index contributed by atoms with van der Waals surface area (Å²) < 4.78 is 10.8. The number of rotatable bonds is 10. The quantitative estimate of drug-likeness (QED) is 0.336. The Hall–Kier alpha value is -3.75. The smallest absolute Gasteiger partial charge is 0.167 e. The number of methoxy groups -OCH3 is 1. The van der Waals surface area contributed by atoms with E-state index in [4.69, 9.17) is 20.2 Å². The summed E-state index contributed by atoms with van der Waals surface area (Å²) in [5.74, 6) is 0.468. The van der Waals surface area contributed by atoms with Crippen LogP contribution in [0.3, 0.4) is 0 Å². The largest absolute Gasteiger partial charge is 0.493 e. The Morgan fingerprint density at radius 1 is 1.16 bits per heavy atom. The predicted molar refractivity (Wildman–Crippen MR) is 147 cm³/mol. The first-order valence-corrected chi connectivity index (χ1v) is 12.6. The zero-order chi connectivity index (χ0) is 27.7. The number of carbonyl (C=O) groups is 2. The third kappa shape index (κ3) is 5.71. The minimum atomic E-state index is -1.38. The molecule has 8 nitrogen and oxygen atoms in total. The van der Waals surface area contributed by atoms with Gasteiger partial charge in [-0.05, 0) is 58.4 Å². The molecule has 1 aromatic heterocycles. The molecule has 2 heterocycles. The van der Waals surface area contributed by atoms with Crippen LogP contribution >= 0.6 is 0 Å². The number of ether oxygens (including phenoxy) is 2. The van der Waals surface area contributed by atoms with Crippen molar-refractivity contribution in [1.82, 2.24) is 4.98 Å². The second-order valence-corrected chi connectivity index (χ2v) is 10.5. The van der Waals surface area contributed by atoms with Gasteiger partial charge in [0.25, 0.3) is 0 Å². The molecule has 4 N–H and O–H groups in total. The molecular formula is C30H35N3O5. The molecule has 2 atom stereocenters. The molecule has 0 amide bonds. The Balaban J connectivity index is 1.59. The highest BCUT2D eigenvalue weighted by Crippen LogP contribution is 2.42. The molecule has 0 spiro atoms. The number of hydrogen-bond donors (Lipinski definition) is 3. The van der Waals surface area contributed by atoms with Gasteiger partial charge in [-0.3, -0.25) is 9.59 Å². The molecule has 0 saturated carbocycles. The average Bonchev–Trinajstić information content (AvgIpc) is 3.20. The second kappa shape index (κ2) is 10.6. The van der Waals surface area contributed by atoms with Crippen molar-refractivity contribution in [2.45, 2.75) is 51.7 Å². The van der Waals surface area contributed by atoms with Crippen LogP contribution in [-0.2, 0) is 15.9 Å². The number of pyridine rings is 1. The number of aliphatic hydroxyl groups is 1. The van der Waals surface area contributed by atoms with Crippen LogP contribution in [0.25, 0.3) is 11.3 Å². The van der Waals surface area contributed by atoms with E-state index in [1.807, 2.05) is 44.2 Å². The highest BCUT2D eigenvalue weighted by atomic mass is 16.5. The van der Waals surface area contributed by atoms with Gasteiger partial charge in [0.15, 0.2) is 23.1 Å². The third-order valence-corrected chi connectivity index (χ3v) is 6.90. The van der Waals surface area contributed by atoms with Gasteiger partial charge in [-0.1, -0.05) is 29.8 Å². The highest BCUT2D eigenvalue weighted by molar-refractivity contribution is 5.96. The first kappa shape index (κ1) is 27.3. The van der Waals surface area contributed by atoms with Gasteiger partial charge < -0.3 is 25.6 Å². The van der Waals surface area contributed by atoms with E-state index in [9.17, 15) is 14.7 Å². The third-order valence-electron chi connectivity index (χ3n) is 6.90. The molecule has 2 unspecified atom stereocenters. The minimum absolute atomic E-state index is 0.0811. The van der Waals surface area contributed by atoms with Crippen LogP contribution < -0.4 is 20.5 Å². The normalized spacial score (nSPS) is 17.8. The summed E-state index contributed by atoms with van der Waals surface area (Å²) in [6.45, 7) is 7.55. The first-order chi connectivity index (χ1) is 17.9. The lowest BCUT2D eigenvalue weighted by Crippen LogP contribution is -2.35. The van der Waals surface area contributed by atoms with Crippen molar-refractivity contribution >= 4 is 17.3 Å². The summed E-state index contributed by atoms with van der Waals surface area (Å²) >= 11 is 0. The second-order valence-electron chi connectivity index (χ2n) is 10.5. The van der Waals surface area contributed by atoms with Gasteiger partial charge in [0, 0.05) is 29.7 Å². The summed E-state index contributed by atoms with van der Waals surface area (Å²) in [6.07, 6.45) is 0.241. The van der Waals surface area contributed by atoms with E-state index in [0.717, 1.165) is 28.1 Å². The highest BCUT2D eigenvalue weighted by Gasteiger charge is 2.36. The number of hydrogen-bond acceptors (Lipinski definition) is 8. The SMILES string of the molecule is COc1cc(C(=O)CCC(C)(O)c2cc3c(c(-c4ccc(C)cc4)n2)NCC3(C)N)ccc1OCC(C)=O. The molecule has 0 radical (unpaired) electrons. The van der Waals surface area contributed by atoms with E-state index >= 15 is 0 Å². The predicted octanol–water partition coefficient (Wildman–Crippen LogP) is 4.50. The number of Topliss-reactive ketones (excluding diaryl/α,β-unsaturated/α-hetero) is 2. The molecule has 1 aliphatic heterocycles. The summed E-state index contributed by atoms with van der Waals surface area (Å²) in [5.41, 5.74) is 10.0. The van der Waals surface area contributed by atoms with Crippen LogP contribution in [0, 0.1) is 6.92 Å². The van der Waals surface area contributed by atoms with Crippen molar-refractivity contribution in [3.8, 4) is 22.8 Å². The lowest BCUT2D eigenvalue weighted by atomic mass is 9.88. The van der Waals surface area contributed by atoms with Gasteiger partial charge in [-0.15, -0.1) is 0 Å². The lowest BCUT2D eigenvalue weighted by Gasteiger charge is -2.26. The van der Waals surface area contributed by atoms with Gasteiger partial charge >= 0.3 is 0 Å². The van der Waals surface area contributed by atoms with Crippen LogP contribution in [-0.4, -0.2) is 41.9 Å². The van der Waals surface area contributed by atoms with Crippen molar-refractivity contribution in [3.63, 3.8) is 0 Å². The molecule has 4 rings (SSSR count). The van der Waals surface area contributed by atoms with Gasteiger partial charge in [0.05, 0.1) is 29.7 Å². The van der Waals surface area contributed by atoms with Crippen molar-refractivity contribution in [3.05, 3.63) is 70.9 Å². The van der Waals surface area contributed by atoms with Crippen LogP contribution in [0.4, 0.5) is 5.69 Å². The Morgan fingerprint density at radius 2 is 1.87 bits per heavy atom. The molecule has 0 fully saturated rings. The van der Waals surface area contributed by atoms with Crippen LogP contribution in [0.2, 0.25) is 0 Å². The molecule has 0 bridgehead atoms. The number of fused-ring (bicyclic) bond motifs is 1. The van der Waals surface area contributed by atoms with Crippen molar-refractivity contribution in [2.75, 3.05) is 25.6 Å². The Morgan fingerprint density at radius 3 is 2.53 bits per heavy atom. The minimum Gasteiger partial charge on any atom is -0.493 e. The number of anilines is 1. The molecule has 3 aromatic rings. The number of ketones is 2. The molecule has 0 aliphatic carbocycles. The standard InChI is InChI=1S/C30H35N3O5/c1-18-6-8-20(9-7-18)27-28-22(29(3,31)17-32-28)15-26(33-27)30(4,36)13-12-23(35)21-10-11-24(25(14-21)37-5)38-16-19(2)34/h6-11,14-15,32,36H,12-13,16-17,31H2,1-5H3. The monoisotopic (exact) mass is 517 g/mol. The number of aryl methyl sites for hydroxylation is 1. The number of nitrogens with zero attached hydrogens (tertiary/aromatic N) is 1. The molecular weight excluding hydrogens is 482 g/mol. The summed E-state index contributed by atoms with van der Waals surface area (Å²) in [5, 5.41) is 14.9. The van der Waals surface area contributed by atoms with Crippen LogP contribution in [0.5, 0.6) is 11.5 Å². The molecule has 2 aromatic carbocycles. The molecule has 200 valence electrons. The van der Waals surface area contributed by atoms with Crippen molar-refractivity contribution in [2.24, 2.45) is 5.73 Å². The molecule has 0 saturated heterocycles. The number of nitrogens with one attached hydrogen (secondary N) is 1. The zero-order valence-electron chi connectivity index (χ0n) is 22.6. The van der Waals surface area contributed by atoms with E-state index in [1.54, 1.807) is 25.1 Å². The van der Waals surface area contributed by atoms with E-state index in [1.165, 1.54) is 14.0 Å². The Kier molecular flexibility index (Phi) is 7.58. The van der Waals surface area contributed by atoms with Crippen molar-refractivity contribution < 1.29 is 24.2 Å². The van der Waals surface area contributed by atoms with E-state index in [-0.39, 0.29) is 31.0 Å². The maximum atomic E-state index is 13.1. The number of aromatic nitrogens is 1. The molecule has 8 heteroatoms. The van der Waals surface area contributed by atoms with Gasteiger partial charge in [-0.2, -0.15) is 0 Å². The molecule has 38 heavy (non-hydrogen) atoms. The lowest BCUT2D eigenvalue weighted by molar-refractivity contribution is -0.118. The summed E-state index contributed by atoms with van der Waals surface area (Å²) in [7, 11) is 1.47. The maximum absolute atomic E-state index is 13.1. The van der Waals surface area contributed by atoms with Crippen LogP contribution in [0.15, 0.2) is 48.5 Å². The summed E-state index contributed by atoms with van der Waals surface area (Å²) in [6, 6.07) is 14.7. The van der Waals surface area contributed by atoms with E-state index < -0.39 is 11.1 Å². The number of carbonyl (C=O) groups excluding carboxylic acids is 2. The van der Waals surface area contributed by atoms with Gasteiger partial charge in [0.2, 0.25) is 0 Å². The Labute approximate surface area is 223 Å². The van der Waals surface area contributed by atoms with Gasteiger partial charge in [-0.25, -0.2) is 4.98 Å². The molecule has 1 aliphatic rings.